The molecule has 112 valence electrons. The molecule has 1 saturated heterocycles. The van der Waals surface area contributed by atoms with Crippen LogP contribution in [0.25, 0.3) is 0 Å². The highest BCUT2D eigenvalue weighted by atomic mass is 16.5. The molecule has 1 atom stereocenters. The third kappa shape index (κ3) is 2.83. The summed E-state index contributed by atoms with van der Waals surface area (Å²) in [5.74, 6) is 3.86. The molecule has 1 aliphatic heterocycles. The molecule has 0 N–H and O–H groups in total. The molecule has 0 spiro atoms. The zero-order chi connectivity index (χ0) is 14.2. The van der Waals surface area contributed by atoms with E-state index < -0.39 is 0 Å². The minimum absolute atomic E-state index is 0.346. The van der Waals surface area contributed by atoms with Crippen LogP contribution in [0, 0.1) is 6.92 Å². The fourth-order valence-corrected chi connectivity index (χ4v) is 2.91. The zero-order valence-corrected chi connectivity index (χ0v) is 12.2. The van der Waals surface area contributed by atoms with Crippen LogP contribution < -0.4 is 0 Å². The molecule has 0 radical (unpaired) electrons. The summed E-state index contributed by atoms with van der Waals surface area (Å²) in [5, 5.41) is 12.1. The molecule has 2 aromatic rings. The maximum Gasteiger partial charge on any atom is 0.230 e. The SMILES string of the molecule is Cc1nnc(CN2CCCC(c3noc(C4CC4)n3)C2)o1. The van der Waals surface area contributed by atoms with Crippen LogP contribution in [0.5, 0.6) is 0 Å². The van der Waals surface area contributed by atoms with Crippen LogP contribution in [0.15, 0.2) is 8.94 Å². The van der Waals surface area contributed by atoms with Crippen molar-refractivity contribution in [3.8, 4) is 0 Å². The van der Waals surface area contributed by atoms with E-state index in [1.807, 2.05) is 6.92 Å². The number of aromatic nitrogens is 4. The highest BCUT2D eigenvalue weighted by Crippen LogP contribution is 2.39. The number of hydrogen-bond donors (Lipinski definition) is 0. The van der Waals surface area contributed by atoms with E-state index in [-0.39, 0.29) is 0 Å². The van der Waals surface area contributed by atoms with Crippen molar-refractivity contribution in [2.45, 2.75) is 51.0 Å². The fourth-order valence-electron chi connectivity index (χ4n) is 2.91. The molecule has 2 aliphatic rings. The van der Waals surface area contributed by atoms with Gasteiger partial charge in [0.15, 0.2) is 5.82 Å². The van der Waals surface area contributed by atoms with E-state index in [0.717, 1.165) is 37.6 Å². The van der Waals surface area contributed by atoms with Gasteiger partial charge in [0.1, 0.15) is 0 Å². The molecule has 2 fully saturated rings. The standard InChI is InChI=1S/C14H19N5O2/c1-9-16-17-12(20-9)8-19-6-2-3-11(7-19)13-15-14(21-18-13)10-4-5-10/h10-11H,2-8H2,1H3. The normalized spacial score (nSPS) is 23.6. The van der Waals surface area contributed by atoms with E-state index >= 15 is 0 Å². The van der Waals surface area contributed by atoms with E-state index in [1.54, 1.807) is 0 Å². The number of hydrogen-bond acceptors (Lipinski definition) is 7. The Kier molecular flexibility index (Phi) is 3.21. The summed E-state index contributed by atoms with van der Waals surface area (Å²) in [6, 6.07) is 0. The average Bonchev–Trinajstić information content (AvgIpc) is 3.07. The van der Waals surface area contributed by atoms with E-state index in [9.17, 15) is 0 Å². The van der Waals surface area contributed by atoms with Crippen LogP contribution in [0.4, 0.5) is 0 Å². The van der Waals surface area contributed by atoms with Gasteiger partial charge >= 0.3 is 0 Å². The first-order chi connectivity index (χ1) is 10.3. The van der Waals surface area contributed by atoms with Gasteiger partial charge < -0.3 is 8.94 Å². The molecule has 2 aromatic heterocycles. The zero-order valence-electron chi connectivity index (χ0n) is 12.2. The largest absolute Gasteiger partial charge is 0.424 e. The molecule has 1 saturated carbocycles. The third-order valence-electron chi connectivity index (χ3n) is 4.18. The van der Waals surface area contributed by atoms with Gasteiger partial charge in [-0.1, -0.05) is 5.16 Å². The highest BCUT2D eigenvalue weighted by molar-refractivity contribution is 5.05. The van der Waals surface area contributed by atoms with Crippen molar-refractivity contribution in [1.29, 1.82) is 0 Å². The molecule has 21 heavy (non-hydrogen) atoms. The molecule has 0 bridgehead atoms. The maximum atomic E-state index is 5.46. The molecule has 7 nitrogen and oxygen atoms in total. The van der Waals surface area contributed by atoms with Crippen LogP contribution >= 0.6 is 0 Å². The van der Waals surface area contributed by atoms with Crippen LogP contribution in [0.2, 0.25) is 0 Å². The first kappa shape index (κ1) is 12.9. The van der Waals surface area contributed by atoms with Gasteiger partial charge in [0.2, 0.25) is 17.7 Å². The molecule has 0 amide bonds. The quantitative estimate of drug-likeness (QED) is 0.851. The van der Waals surface area contributed by atoms with E-state index in [0.29, 0.717) is 30.2 Å². The Hall–Kier alpha value is -1.76. The van der Waals surface area contributed by atoms with Crippen molar-refractivity contribution >= 4 is 0 Å². The van der Waals surface area contributed by atoms with Crippen LogP contribution in [-0.2, 0) is 6.54 Å². The molecule has 3 heterocycles. The van der Waals surface area contributed by atoms with E-state index in [1.165, 1.54) is 12.8 Å². The smallest absolute Gasteiger partial charge is 0.230 e. The van der Waals surface area contributed by atoms with Crippen LogP contribution in [-0.4, -0.2) is 38.3 Å². The summed E-state index contributed by atoms with van der Waals surface area (Å²) in [7, 11) is 0. The Morgan fingerprint density at radius 1 is 1.19 bits per heavy atom. The van der Waals surface area contributed by atoms with Crippen molar-refractivity contribution in [2.75, 3.05) is 13.1 Å². The molecule has 1 unspecified atom stereocenters. The van der Waals surface area contributed by atoms with Crippen molar-refractivity contribution in [1.82, 2.24) is 25.2 Å². The van der Waals surface area contributed by atoms with Crippen molar-refractivity contribution in [2.24, 2.45) is 0 Å². The monoisotopic (exact) mass is 289 g/mol. The fraction of sp³-hybridized carbons (Fsp3) is 0.714. The van der Waals surface area contributed by atoms with E-state index in [4.69, 9.17) is 8.94 Å². The number of piperidine rings is 1. The summed E-state index contributed by atoms with van der Waals surface area (Å²) in [4.78, 5) is 6.91. The van der Waals surface area contributed by atoms with Gasteiger partial charge in [-0.05, 0) is 32.2 Å². The van der Waals surface area contributed by atoms with Gasteiger partial charge in [0, 0.05) is 25.3 Å². The van der Waals surface area contributed by atoms with Crippen LogP contribution in [0.1, 0.15) is 61.0 Å². The third-order valence-corrected chi connectivity index (χ3v) is 4.18. The first-order valence-electron chi connectivity index (χ1n) is 7.63. The molecule has 4 rings (SSSR count). The number of likely N-dealkylation sites (tertiary alicyclic amines) is 1. The Morgan fingerprint density at radius 2 is 2.10 bits per heavy atom. The summed E-state index contributed by atoms with van der Waals surface area (Å²) < 4.78 is 10.8. The summed E-state index contributed by atoms with van der Waals surface area (Å²) in [6.07, 6.45) is 4.62. The first-order valence-corrected chi connectivity index (χ1v) is 7.63. The molecular formula is C14H19N5O2. The Labute approximate surface area is 122 Å². The molecule has 0 aromatic carbocycles. The van der Waals surface area contributed by atoms with E-state index in [2.05, 4.69) is 25.2 Å². The summed E-state index contributed by atoms with van der Waals surface area (Å²) in [5.41, 5.74) is 0. The van der Waals surface area contributed by atoms with Crippen molar-refractivity contribution in [3.63, 3.8) is 0 Å². The number of aryl methyl sites for hydroxylation is 1. The van der Waals surface area contributed by atoms with Gasteiger partial charge in [0.05, 0.1) is 6.54 Å². The average molecular weight is 289 g/mol. The van der Waals surface area contributed by atoms with Gasteiger partial charge in [-0.15, -0.1) is 10.2 Å². The highest BCUT2D eigenvalue weighted by Gasteiger charge is 2.32. The van der Waals surface area contributed by atoms with Gasteiger partial charge in [0.25, 0.3) is 0 Å². The predicted molar refractivity (Wildman–Crippen MR) is 72.6 cm³/mol. The minimum Gasteiger partial charge on any atom is -0.424 e. The topological polar surface area (TPSA) is 81.1 Å². The lowest BCUT2D eigenvalue weighted by molar-refractivity contribution is 0.178. The van der Waals surface area contributed by atoms with Crippen molar-refractivity contribution in [3.05, 3.63) is 23.5 Å². The predicted octanol–water partition coefficient (Wildman–Crippen LogP) is 2.02. The Morgan fingerprint density at radius 3 is 2.86 bits per heavy atom. The van der Waals surface area contributed by atoms with Crippen LogP contribution in [0.3, 0.4) is 0 Å². The van der Waals surface area contributed by atoms with Gasteiger partial charge in [-0.2, -0.15) is 4.98 Å². The minimum atomic E-state index is 0.346. The second kappa shape index (κ2) is 5.22. The molecule has 7 heteroatoms. The lowest BCUT2D eigenvalue weighted by Crippen LogP contribution is -2.34. The second-order valence-electron chi connectivity index (χ2n) is 6.05. The summed E-state index contributed by atoms with van der Waals surface area (Å²) >= 11 is 0. The summed E-state index contributed by atoms with van der Waals surface area (Å²) in [6.45, 7) is 4.48. The lowest BCUT2D eigenvalue weighted by atomic mass is 9.97. The van der Waals surface area contributed by atoms with Gasteiger partial charge in [-0.25, -0.2) is 0 Å². The Balaban J connectivity index is 1.41. The number of nitrogens with zero attached hydrogens (tertiary/aromatic N) is 5. The van der Waals surface area contributed by atoms with Gasteiger partial charge in [-0.3, -0.25) is 4.90 Å². The Bertz CT molecular complexity index is 618. The van der Waals surface area contributed by atoms with Crippen molar-refractivity contribution < 1.29 is 8.94 Å². The second-order valence-corrected chi connectivity index (χ2v) is 6.05. The number of rotatable bonds is 4. The molecular weight excluding hydrogens is 270 g/mol. The maximum absolute atomic E-state index is 5.46. The lowest BCUT2D eigenvalue weighted by Gasteiger charge is -2.29. The molecule has 1 aliphatic carbocycles.